The zero-order valence-corrected chi connectivity index (χ0v) is 11.0. The molecule has 0 amide bonds. The van der Waals surface area contributed by atoms with Crippen molar-refractivity contribution in [3.05, 3.63) is 28.8 Å². The lowest BCUT2D eigenvalue weighted by atomic mass is 9.84. The molecule has 0 aliphatic heterocycles. The molecule has 1 aliphatic carbocycles. The molecule has 0 saturated carbocycles. The molecule has 0 N–H and O–H groups in total. The first-order valence-electron chi connectivity index (χ1n) is 6.41. The second-order valence-electron chi connectivity index (χ2n) is 5.56. The van der Waals surface area contributed by atoms with Gasteiger partial charge in [-0.15, -0.1) is 0 Å². The molecule has 2 aromatic rings. The van der Waals surface area contributed by atoms with Crippen LogP contribution in [-0.2, 0) is 6.42 Å². The Bertz CT molecular complexity index is 583. The first kappa shape index (κ1) is 10.8. The largest absolute Gasteiger partial charge is 0.285 e. The Morgan fingerprint density at radius 2 is 2.00 bits per heavy atom. The fraction of sp³-hybridized carbons (Fsp3) is 0.571. The summed E-state index contributed by atoms with van der Waals surface area (Å²) in [7, 11) is 0. The number of nitrogens with zero attached hydrogens (tertiary/aromatic N) is 3. The van der Waals surface area contributed by atoms with E-state index in [9.17, 15) is 0 Å². The molecule has 1 aliphatic rings. The Morgan fingerprint density at radius 3 is 2.76 bits per heavy atom. The summed E-state index contributed by atoms with van der Waals surface area (Å²) < 4.78 is 2.24. The third-order valence-corrected chi connectivity index (χ3v) is 3.80. The summed E-state index contributed by atoms with van der Waals surface area (Å²) in [4.78, 5) is 9.30. The van der Waals surface area contributed by atoms with Gasteiger partial charge >= 0.3 is 0 Å². The second-order valence-corrected chi connectivity index (χ2v) is 5.56. The molecular formula is C14H19N3. The summed E-state index contributed by atoms with van der Waals surface area (Å²) in [5.41, 5.74) is 4.96. The Balaban J connectivity index is 2.32. The summed E-state index contributed by atoms with van der Waals surface area (Å²) in [6.45, 7) is 8.79. The molecule has 2 unspecified atom stereocenters. The Morgan fingerprint density at radius 1 is 1.24 bits per heavy atom. The van der Waals surface area contributed by atoms with Gasteiger partial charge in [0, 0.05) is 23.0 Å². The molecule has 3 nitrogen and oxygen atoms in total. The molecule has 2 aromatic heterocycles. The highest BCUT2D eigenvalue weighted by Gasteiger charge is 2.27. The van der Waals surface area contributed by atoms with Gasteiger partial charge in [0.1, 0.15) is 0 Å². The number of aryl methyl sites for hydroxylation is 2. The summed E-state index contributed by atoms with van der Waals surface area (Å²) in [5.74, 6) is 2.20. The summed E-state index contributed by atoms with van der Waals surface area (Å²) in [6, 6.07) is 2.14. The van der Waals surface area contributed by atoms with Crippen LogP contribution >= 0.6 is 0 Å². The molecular weight excluding hydrogens is 210 g/mol. The number of fused-ring (bicyclic) bond motifs is 3. The van der Waals surface area contributed by atoms with Crippen molar-refractivity contribution < 1.29 is 0 Å². The van der Waals surface area contributed by atoms with Gasteiger partial charge in [-0.05, 0) is 38.7 Å². The smallest absolute Gasteiger partial charge is 0.234 e. The molecule has 3 heteroatoms. The van der Waals surface area contributed by atoms with Gasteiger partial charge in [-0.25, -0.2) is 9.97 Å². The fourth-order valence-corrected chi connectivity index (χ4v) is 3.18. The minimum atomic E-state index is 0.565. The number of hydrogen-bond donors (Lipinski definition) is 0. The monoisotopic (exact) mass is 229 g/mol. The molecule has 0 aromatic carbocycles. The minimum absolute atomic E-state index is 0.565. The van der Waals surface area contributed by atoms with Crippen molar-refractivity contribution in [1.29, 1.82) is 0 Å². The number of imidazole rings is 1. The van der Waals surface area contributed by atoms with E-state index in [2.05, 4.69) is 36.2 Å². The molecule has 90 valence electrons. The Kier molecular flexibility index (Phi) is 2.25. The summed E-state index contributed by atoms with van der Waals surface area (Å²) in [6.07, 6.45) is 2.38. The minimum Gasteiger partial charge on any atom is -0.285 e. The van der Waals surface area contributed by atoms with E-state index in [1.165, 1.54) is 23.5 Å². The average molecular weight is 229 g/mol. The average Bonchev–Trinajstić information content (AvgIpc) is 2.56. The van der Waals surface area contributed by atoms with Crippen molar-refractivity contribution >= 4 is 5.78 Å². The van der Waals surface area contributed by atoms with Gasteiger partial charge in [0.15, 0.2) is 0 Å². The third kappa shape index (κ3) is 1.56. The van der Waals surface area contributed by atoms with Gasteiger partial charge in [0.25, 0.3) is 0 Å². The van der Waals surface area contributed by atoms with Crippen molar-refractivity contribution in [2.45, 2.75) is 46.5 Å². The Hall–Kier alpha value is -1.38. The van der Waals surface area contributed by atoms with Crippen LogP contribution < -0.4 is 0 Å². The number of rotatable bonds is 0. The van der Waals surface area contributed by atoms with E-state index in [4.69, 9.17) is 4.98 Å². The first-order chi connectivity index (χ1) is 8.06. The molecule has 0 bridgehead atoms. The molecule has 0 spiro atoms. The van der Waals surface area contributed by atoms with Crippen molar-refractivity contribution in [2.24, 2.45) is 5.92 Å². The highest BCUT2D eigenvalue weighted by molar-refractivity contribution is 5.41. The molecule has 0 saturated heterocycles. The second kappa shape index (κ2) is 3.56. The van der Waals surface area contributed by atoms with Crippen LogP contribution in [0.1, 0.15) is 49.0 Å². The maximum absolute atomic E-state index is 4.74. The first-order valence-corrected chi connectivity index (χ1v) is 6.41. The van der Waals surface area contributed by atoms with E-state index in [-0.39, 0.29) is 0 Å². The van der Waals surface area contributed by atoms with Gasteiger partial charge in [-0.1, -0.05) is 13.8 Å². The van der Waals surface area contributed by atoms with Crippen molar-refractivity contribution in [1.82, 2.24) is 14.4 Å². The van der Waals surface area contributed by atoms with E-state index < -0.39 is 0 Å². The van der Waals surface area contributed by atoms with E-state index in [0.717, 1.165) is 23.8 Å². The summed E-state index contributed by atoms with van der Waals surface area (Å²) in [5, 5.41) is 0. The van der Waals surface area contributed by atoms with Crippen molar-refractivity contribution in [3.8, 4) is 0 Å². The molecule has 2 heterocycles. The van der Waals surface area contributed by atoms with Crippen LogP contribution in [0.25, 0.3) is 5.78 Å². The highest BCUT2D eigenvalue weighted by Crippen LogP contribution is 2.34. The van der Waals surface area contributed by atoms with Crippen LogP contribution in [-0.4, -0.2) is 14.4 Å². The van der Waals surface area contributed by atoms with Crippen molar-refractivity contribution in [3.63, 3.8) is 0 Å². The quantitative estimate of drug-likeness (QED) is 0.695. The molecule has 2 atom stereocenters. The lowest BCUT2D eigenvalue weighted by Gasteiger charge is -2.23. The fourth-order valence-electron chi connectivity index (χ4n) is 3.18. The van der Waals surface area contributed by atoms with Crippen LogP contribution in [0.15, 0.2) is 6.07 Å². The molecule has 17 heavy (non-hydrogen) atoms. The van der Waals surface area contributed by atoms with Crippen LogP contribution in [0.2, 0.25) is 0 Å². The van der Waals surface area contributed by atoms with Gasteiger partial charge < -0.3 is 0 Å². The molecule has 3 rings (SSSR count). The van der Waals surface area contributed by atoms with Gasteiger partial charge in [-0.3, -0.25) is 4.40 Å². The zero-order valence-electron chi connectivity index (χ0n) is 11.0. The highest BCUT2D eigenvalue weighted by atomic mass is 15.1. The van der Waals surface area contributed by atoms with E-state index in [1.54, 1.807) is 0 Å². The zero-order chi connectivity index (χ0) is 12.2. The molecule has 0 fully saturated rings. The molecule has 0 radical (unpaired) electrons. The summed E-state index contributed by atoms with van der Waals surface area (Å²) >= 11 is 0. The van der Waals surface area contributed by atoms with Crippen LogP contribution in [0.4, 0.5) is 0 Å². The third-order valence-electron chi connectivity index (χ3n) is 3.80. The van der Waals surface area contributed by atoms with Gasteiger partial charge in [-0.2, -0.15) is 0 Å². The maximum atomic E-state index is 4.74. The van der Waals surface area contributed by atoms with E-state index in [1.807, 2.05) is 6.92 Å². The predicted octanol–water partition coefficient (Wildman–Crippen LogP) is 3.03. The normalized spacial score (nSPS) is 24.0. The number of hydrogen-bond acceptors (Lipinski definition) is 2. The maximum Gasteiger partial charge on any atom is 0.234 e. The van der Waals surface area contributed by atoms with Crippen LogP contribution in [0, 0.1) is 19.8 Å². The van der Waals surface area contributed by atoms with E-state index >= 15 is 0 Å². The van der Waals surface area contributed by atoms with Crippen molar-refractivity contribution in [2.75, 3.05) is 0 Å². The SMILES string of the molecule is Cc1cc(C)n2c3c(nc2n1)C(C)CC(C)C3. The van der Waals surface area contributed by atoms with Gasteiger partial charge in [0.2, 0.25) is 5.78 Å². The van der Waals surface area contributed by atoms with E-state index in [0.29, 0.717) is 5.92 Å². The van der Waals surface area contributed by atoms with Crippen LogP contribution in [0.3, 0.4) is 0 Å². The van der Waals surface area contributed by atoms with Gasteiger partial charge in [0.05, 0.1) is 5.69 Å². The lowest BCUT2D eigenvalue weighted by molar-refractivity contribution is 0.437. The van der Waals surface area contributed by atoms with Crippen LogP contribution in [0.5, 0.6) is 0 Å². The standard InChI is InChI=1S/C14H19N3/c1-8-5-9(2)13-12(6-8)17-11(4)7-10(3)15-14(17)16-13/h7-9H,5-6H2,1-4H3. The predicted molar refractivity (Wildman–Crippen MR) is 68.4 cm³/mol. The Labute approximate surface area is 102 Å². The topological polar surface area (TPSA) is 30.2 Å². The number of aromatic nitrogens is 3. The lowest BCUT2D eigenvalue weighted by Crippen LogP contribution is -2.16.